The summed E-state index contributed by atoms with van der Waals surface area (Å²) in [6, 6.07) is 9.34. The van der Waals surface area contributed by atoms with E-state index in [4.69, 9.17) is 0 Å². The molecule has 0 atom stereocenters. The van der Waals surface area contributed by atoms with Crippen molar-refractivity contribution in [1.82, 2.24) is 9.80 Å². The second kappa shape index (κ2) is 5.78. The summed E-state index contributed by atoms with van der Waals surface area (Å²) < 4.78 is 0. The SMILES string of the molecule is CC(=O)N1CCN(CC(=O)c2ccccc2)CC1. The fourth-order valence-electron chi connectivity index (χ4n) is 2.14. The third kappa shape index (κ3) is 3.17. The first-order valence-electron chi connectivity index (χ1n) is 6.23. The number of piperazine rings is 1. The Kier molecular flexibility index (Phi) is 4.10. The average Bonchev–Trinajstić information content (AvgIpc) is 2.40. The van der Waals surface area contributed by atoms with E-state index in [-0.39, 0.29) is 11.7 Å². The third-order valence-electron chi connectivity index (χ3n) is 3.28. The smallest absolute Gasteiger partial charge is 0.219 e. The van der Waals surface area contributed by atoms with Gasteiger partial charge < -0.3 is 4.90 Å². The van der Waals surface area contributed by atoms with Gasteiger partial charge in [-0.1, -0.05) is 30.3 Å². The topological polar surface area (TPSA) is 40.6 Å². The number of Topliss-reactive ketones (excluding diaryl/α,β-unsaturated/α-hetero) is 1. The van der Waals surface area contributed by atoms with Crippen molar-refractivity contribution in [3.63, 3.8) is 0 Å². The standard InChI is InChI=1S/C14H18N2O2/c1-12(17)16-9-7-15(8-10-16)11-14(18)13-5-3-2-4-6-13/h2-6H,7-11H2,1H3. The monoisotopic (exact) mass is 246 g/mol. The van der Waals surface area contributed by atoms with E-state index in [9.17, 15) is 9.59 Å². The van der Waals surface area contributed by atoms with E-state index >= 15 is 0 Å². The van der Waals surface area contributed by atoms with Gasteiger partial charge in [0, 0.05) is 38.7 Å². The Morgan fingerprint density at radius 1 is 1.06 bits per heavy atom. The lowest BCUT2D eigenvalue weighted by molar-refractivity contribution is -0.130. The molecule has 1 saturated heterocycles. The van der Waals surface area contributed by atoms with E-state index < -0.39 is 0 Å². The minimum atomic E-state index is 0.115. The van der Waals surface area contributed by atoms with Gasteiger partial charge in [0.25, 0.3) is 0 Å². The van der Waals surface area contributed by atoms with Gasteiger partial charge in [0.15, 0.2) is 5.78 Å². The molecule has 1 fully saturated rings. The van der Waals surface area contributed by atoms with Gasteiger partial charge in [-0.2, -0.15) is 0 Å². The summed E-state index contributed by atoms with van der Waals surface area (Å²) in [6.07, 6.45) is 0. The molecule has 0 bridgehead atoms. The van der Waals surface area contributed by atoms with Gasteiger partial charge in [-0.15, -0.1) is 0 Å². The van der Waals surface area contributed by atoms with Crippen molar-refractivity contribution in [1.29, 1.82) is 0 Å². The van der Waals surface area contributed by atoms with E-state index in [0.29, 0.717) is 6.54 Å². The zero-order valence-electron chi connectivity index (χ0n) is 10.6. The third-order valence-corrected chi connectivity index (χ3v) is 3.28. The van der Waals surface area contributed by atoms with Crippen LogP contribution in [-0.2, 0) is 4.79 Å². The van der Waals surface area contributed by atoms with Crippen LogP contribution in [0.2, 0.25) is 0 Å². The molecule has 0 radical (unpaired) electrons. The maximum atomic E-state index is 12.0. The molecule has 1 amide bonds. The van der Waals surface area contributed by atoms with Crippen LogP contribution in [0.25, 0.3) is 0 Å². The Hall–Kier alpha value is -1.68. The van der Waals surface area contributed by atoms with Gasteiger partial charge in [-0.05, 0) is 0 Å². The van der Waals surface area contributed by atoms with Crippen LogP contribution in [0, 0.1) is 0 Å². The van der Waals surface area contributed by atoms with E-state index in [1.54, 1.807) is 6.92 Å². The number of hydrogen-bond donors (Lipinski definition) is 0. The molecule has 0 spiro atoms. The molecule has 1 aromatic carbocycles. The number of amides is 1. The van der Waals surface area contributed by atoms with Crippen LogP contribution in [-0.4, -0.2) is 54.2 Å². The molecule has 0 unspecified atom stereocenters. The van der Waals surface area contributed by atoms with Crippen molar-refractivity contribution in [3.05, 3.63) is 35.9 Å². The Labute approximate surface area is 107 Å². The van der Waals surface area contributed by atoms with Gasteiger partial charge >= 0.3 is 0 Å². The molecule has 1 heterocycles. The van der Waals surface area contributed by atoms with E-state index in [2.05, 4.69) is 4.90 Å². The predicted molar refractivity (Wildman–Crippen MR) is 69.5 cm³/mol. The second-order valence-electron chi connectivity index (χ2n) is 4.57. The van der Waals surface area contributed by atoms with Gasteiger partial charge in [0.05, 0.1) is 6.54 Å². The summed E-state index contributed by atoms with van der Waals surface area (Å²) in [4.78, 5) is 27.1. The van der Waals surface area contributed by atoms with Crippen LogP contribution in [0.3, 0.4) is 0 Å². The Bertz CT molecular complexity index is 423. The molecule has 0 aliphatic carbocycles. The number of carbonyl (C=O) groups excluding carboxylic acids is 2. The van der Waals surface area contributed by atoms with Crippen molar-refractivity contribution in [2.24, 2.45) is 0 Å². The van der Waals surface area contributed by atoms with Crippen LogP contribution in [0.5, 0.6) is 0 Å². The predicted octanol–water partition coefficient (Wildman–Crippen LogP) is 1.03. The van der Waals surface area contributed by atoms with Crippen LogP contribution in [0.1, 0.15) is 17.3 Å². The normalized spacial score (nSPS) is 16.6. The van der Waals surface area contributed by atoms with Crippen LogP contribution >= 0.6 is 0 Å². The summed E-state index contributed by atoms with van der Waals surface area (Å²) in [7, 11) is 0. The fourth-order valence-corrected chi connectivity index (χ4v) is 2.14. The zero-order chi connectivity index (χ0) is 13.0. The maximum Gasteiger partial charge on any atom is 0.219 e. The Balaban J connectivity index is 1.85. The lowest BCUT2D eigenvalue weighted by Gasteiger charge is -2.33. The van der Waals surface area contributed by atoms with Crippen molar-refractivity contribution < 1.29 is 9.59 Å². The number of benzene rings is 1. The Morgan fingerprint density at radius 2 is 1.67 bits per heavy atom. The Morgan fingerprint density at radius 3 is 2.22 bits per heavy atom. The average molecular weight is 246 g/mol. The highest BCUT2D eigenvalue weighted by molar-refractivity contribution is 5.97. The molecular weight excluding hydrogens is 228 g/mol. The second-order valence-corrected chi connectivity index (χ2v) is 4.57. The maximum absolute atomic E-state index is 12.0. The molecule has 0 saturated carbocycles. The minimum absolute atomic E-state index is 0.115. The van der Waals surface area contributed by atoms with E-state index in [1.165, 1.54) is 0 Å². The van der Waals surface area contributed by atoms with Crippen molar-refractivity contribution in [2.75, 3.05) is 32.7 Å². The largest absolute Gasteiger partial charge is 0.340 e. The highest BCUT2D eigenvalue weighted by atomic mass is 16.2. The summed E-state index contributed by atoms with van der Waals surface area (Å²) >= 11 is 0. The molecule has 1 aliphatic rings. The van der Waals surface area contributed by atoms with Gasteiger partial charge in [-0.3, -0.25) is 14.5 Å². The zero-order valence-corrected chi connectivity index (χ0v) is 10.6. The fraction of sp³-hybridized carbons (Fsp3) is 0.429. The molecule has 1 aromatic rings. The molecule has 1 aliphatic heterocycles. The lowest BCUT2D eigenvalue weighted by Crippen LogP contribution is -2.49. The summed E-state index contributed by atoms with van der Waals surface area (Å²) in [5.41, 5.74) is 0.756. The molecule has 2 rings (SSSR count). The van der Waals surface area contributed by atoms with Gasteiger partial charge in [0.2, 0.25) is 5.91 Å². The van der Waals surface area contributed by atoms with Crippen LogP contribution in [0.15, 0.2) is 30.3 Å². The van der Waals surface area contributed by atoms with Crippen LogP contribution in [0.4, 0.5) is 0 Å². The molecule has 96 valence electrons. The highest BCUT2D eigenvalue weighted by Crippen LogP contribution is 2.05. The summed E-state index contributed by atoms with van der Waals surface area (Å²) in [6.45, 7) is 5.02. The van der Waals surface area contributed by atoms with Crippen LogP contribution < -0.4 is 0 Å². The molecule has 4 heteroatoms. The first-order chi connectivity index (χ1) is 8.66. The molecule has 0 aromatic heterocycles. The number of ketones is 1. The van der Waals surface area contributed by atoms with Gasteiger partial charge in [0.1, 0.15) is 0 Å². The number of carbonyl (C=O) groups is 2. The minimum Gasteiger partial charge on any atom is -0.340 e. The number of hydrogen-bond acceptors (Lipinski definition) is 3. The number of nitrogens with zero attached hydrogens (tertiary/aromatic N) is 2. The van der Waals surface area contributed by atoms with E-state index in [1.807, 2.05) is 35.2 Å². The molecular formula is C14H18N2O2. The molecule has 4 nitrogen and oxygen atoms in total. The molecule has 18 heavy (non-hydrogen) atoms. The van der Waals surface area contributed by atoms with Crippen molar-refractivity contribution in [3.8, 4) is 0 Å². The van der Waals surface area contributed by atoms with E-state index in [0.717, 1.165) is 31.7 Å². The molecule has 0 N–H and O–H groups in total. The van der Waals surface area contributed by atoms with Gasteiger partial charge in [-0.25, -0.2) is 0 Å². The highest BCUT2D eigenvalue weighted by Gasteiger charge is 2.20. The quantitative estimate of drug-likeness (QED) is 0.748. The van der Waals surface area contributed by atoms with Crippen molar-refractivity contribution >= 4 is 11.7 Å². The lowest BCUT2D eigenvalue weighted by atomic mass is 10.1. The first-order valence-corrected chi connectivity index (χ1v) is 6.23. The summed E-state index contributed by atoms with van der Waals surface area (Å²) in [5, 5.41) is 0. The summed E-state index contributed by atoms with van der Waals surface area (Å²) in [5.74, 6) is 0.260. The number of rotatable bonds is 3. The first kappa shape index (κ1) is 12.8. The van der Waals surface area contributed by atoms with Crippen molar-refractivity contribution in [2.45, 2.75) is 6.92 Å².